The van der Waals surface area contributed by atoms with E-state index in [1.165, 1.54) is 0 Å². The third kappa shape index (κ3) is 5.33. The molecule has 20 heavy (non-hydrogen) atoms. The molecule has 0 amide bonds. The second-order valence-electron chi connectivity index (χ2n) is 4.18. The fourth-order valence-corrected chi connectivity index (χ4v) is 5.13. The third-order valence-corrected chi connectivity index (χ3v) is 5.81. The molecule has 0 aliphatic carbocycles. The lowest BCUT2D eigenvalue weighted by atomic mass is 10.3. The van der Waals surface area contributed by atoms with Crippen molar-refractivity contribution in [2.45, 2.75) is 24.7 Å². The van der Waals surface area contributed by atoms with Gasteiger partial charge in [0.1, 0.15) is 4.90 Å². The Bertz CT molecular complexity index is 527. The molecule has 8 heteroatoms. The largest absolute Gasteiger partial charge is 0.399 e. The molecule has 0 aliphatic heterocycles. The summed E-state index contributed by atoms with van der Waals surface area (Å²) in [7, 11) is -3.61. The van der Waals surface area contributed by atoms with Gasteiger partial charge >= 0.3 is 0 Å². The highest BCUT2D eigenvalue weighted by Crippen LogP contribution is 2.32. The van der Waals surface area contributed by atoms with Gasteiger partial charge in [-0.05, 0) is 50.4 Å². The first-order valence-corrected chi connectivity index (χ1v) is 9.27. The molecule has 0 unspecified atom stereocenters. The molecule has 0 radical (unpaired) electrons. The Balaban J connectivity index is 2.66. The second-order valence-corrected chi connectivity index (χ2v) is 7.59. The molecule has 0 saturated carbocycles. The predicted octanol–water partition coefficient (Wildman–Crippen LogP) is 2.89. The van der Waals surface area contributed by atoms with Crippen LogP contribution in [-0.4, -0.2) is 28.2 Å². The van der Waals surface area contributed by atoms with Crippen LogP contribution in [0.5, 0.6) is 0 Å². The number of nitrogens with one attached hydrogen (secondary N) is 1. The zero-order chi connectivity index (χ0) is 15.2. The highest BCUT2D eigenvalue weighted by atomic mass is 79.9. The minimum absolute atomic E-state index is 0.139. The minimum atomic E-state index is -3.61. The summed E-state index contributed by atoms with van der Waals surface area (Å²) >= 11 is 6.43. The number of sulfonamides is 1. The van der Waals surface area contributed by atoms with Crippen molar-refractivity contribution in [1.29, 1.82) is 0 Å². The van der Waals surface area contributed by atoms with E-state index in [2.05, 4.69) is 43.5 Å². The van der Waals surface area contributed by atoms with Gasteiger partial charge in [-0.1, -0.05) is 13.3 Å². The number of nitrogen functional groups attached to an aromatic ring is 1. The first kappa shape index (κ1) is 17.9. The number of nitrogens with two attached hydrogens (primary N) is 1. The summed E-state index contributed by atoms with van der Waals surface area (Å²) in [5.41, 5.74) is 6.12. The van der Waals surface area contributed by atoms with E-state index in [0.717, 1.165) is 12.8 Å². The quantitative estimate of drug-likeness (QED) is 0.491. The topological polar surface area (TPSA) is 81.4 Å². The number of hydrogen-bond acceptors (Lipinski definition) is 4. The van der Waals surface area contributed by atoms with Gasteiger partial charge in [0.15, 0.2) is 0 Å². The lowest BCUT2D eigenvalue weighted by Gasteiger charge is -2.11. The maximum Gasteiger partial charge on any atom is 0.242 e. The first-order chi connectivity index (χ1) is 9.38. The van der Waals surface area contributed by atoms with E-state index in [1.807, 2.05) is 0 Å². The van der Waals surface area contributed by atoms with Crippen LogP contribution in [0.15, 0.2) is 26.0 Å². The Kier molecular flexibility index (Phi) is 7.46. The second kappa shape index (κ2) is 8.33. The molecule has 1 aromatic carbocycles. The number of ether oxygens (including phenoxy) is 1. The average Bonchev–Trinajstić information content (AvgIpc) is 2.31. The van der Waals surface area contributed by atoms with E-state index in [9.17, 15) is 8.42 Å². The smallest absolute Gasteiger partial charge is 0.242 e. The molecular formula is C12H18Br2N2O3S. The monoisotopic (exact) mass is 428 g/mol. The Morgan fingerprint density at radius 1 is 1.25 bits per heavy atom. The molecule has 1 aromatic rings. The van der Waals surface area contributed by atoms with Crippen molar-refractivity contribution in [3.05, 3.63) is 21.1 Å². The number of benzene rings is 1. The fourth-order valence-electron chi connectivity index (χ4n) is 1.51. The summed E-state index contributed by atoms with van der Waals surface area (Å²) in [6.07, 6.45) is 2.03. The van der Waals surface area contributed by atoms with E-state index < -0.39 is 10.0 Å². The van der Waals surface area contributed by atoms with Gasteiger partial charge in [-0.3, -0.25) is 0 Å². The van der Waals surface area contributed by atoms with Crippen LogP contribution < -0.4 is 10.5 Å². The molecule has 0 saturated heterocycles. The van der Waals surface area contributed by atoms with Crippen LogP contribution in [0.25, 0.3) is 0 Å². The maximum absolute atomic E-state index is 12.2. The van der Waals surface area contributed by atoms with Gasteiger partial charge in [0.2, 0.25) is 10.0 Å². The van der Waals surface area contributed by atoms with Crippen molar-refractivity contribution in [2.75, 3.05) is 25.5 Å². The zero-order valence-corrected chi connectivity index (χ0v) is 15.1. The number of rotatable bonds is 8. The van der Waals surface area contributed by atoms with Gasteiger partial charge in [0, 0.05) is 27.8 Å². The molecule has 0 aliphatic rings. The molecule has 1 rings (SSSR count). The van der Waals surface area contributed by atoms with E-state index in [4.69, 9.17) is 10.5 Å². The highest BCUT2D eigenvalue weighted by Gasteiger charge is 2.21. The first-order valence-electron chi connectivity index (χ1n) is 6.20. The maximum atomic E-state index is 12.2. The molecule has 0 bridgehead atoms. The zero-order valence-electron chi connectivity index (χ0n) is 11.2. The van der Waals surface area contributed by atoms with Crippen LogP contribution in [0.2, 0.25) is 0 Å². The molecule has 0 fully saturated rings. The summed E-state index contributed by atoms with van der Waals surface area (Å²) in [5.74, 6) is 0. The predicted molar refractivity (Wildman–Crippen MR) is 87.2 cm³/mol. The third-order valence-electron chi connectivity index (χ3n) is 2.47. The van der Waals surface area contributed by atoms with Crippen LogP contribution in [0.4, 0.5) is 5.69 Å². The standard InChI is InChI=1S/C12H18Br2N2O3S/c1-2-3-5-19-6-4-16-20(17,18)12-10(13)7-9(15)8-11(12)14/h7-8,16H,2-6,15H2,1H3. The number of unbranched alkanes of at least 4 members (excludes halogenated alkanes) is 1. The van der Waals surface area contributed by atoms with Crippen LogP contribution in [0.3, 0.4) is 0 Å². The summed E-state index contributed by atoms with van der Waals surface area (Å²) < 4.78 is 33.1. The normalized spacial score (nSPS) is 11.8. The molecule has 0 heterocycles. The van der Waals surface area contributed by atoms with Crippen molar-refractivity contribution < 1.29 is 13.2 Å². The van der Waals surface area contributed by atoms with Gasteiger partial charge in [-0.25, -0.2) is 13.1 Å². The molecule has 3 N–H and O–H groups in total. The van der Waals surface area contributed by atoms with E-state index >= 15 is 0 Å². The molecule has 0 atom stereocenters. The van der Waals surface area contributed by atoms with Crippen LogP contribution in [0, 0.1) is 0 Å². The Labute approximate surface area is 136 Å². The van der Waals surface area contributed by atoms with Gasteiger partial charge < -0.3 is 10.5 Å². The molecule has 0 aromatic heterocycles. The Morgan fingerprint density at radius 3 is 2.40 bits per heavy atom. The van der Waals surface area contributed by atoms with Crippen LogP contribution >= 0.6 is 31.9 Å². The summed E-state index contributed by atoms with van der Waals surface area (Å²) in [4.78, 5) is 0.139. The number of anilines is 1. The van der Waals surface area contributed by atoms with Crippen molar-refractivity contribution >= 4 is 47.6 Å². The van der Waals surface area contributed by atoms with Crippen molar-refractivity contribution in [3.63, 3.8) is 0 Å². The highest BCUT2D eigenvalue weighted by molar-refractivity contribution is 9.11. The number of halogens is 2. The van der Waals surface area contributed by atoms with Gasteiger partial charge in [-0.15, -0.1) is 0 Å². The van der Waals surface area contributed by atoms with Gasteiger partial charge in [0.25, 0.3) is 0 Å². The SMILES string of the molecule is CCCCOCCNS(=O)(=O)c1c(Br)cc(N)cc1Br. The minimum Gasteiger partial charge on any atom is -0.399 e. The summed E-state index contributed by atoms with van der Waals surface area (Å²) in [5, 5.41) is 0. The summed E-state index contributed by atoms with van der Waals surface area (Å²) in [6.45, 7) is 3.30. The van der Waals surface area contributed by atoms with Crippen LogP contribution in [0.1, 0.15) is 19.8 Å². The van der Waals surface area contributed by atoms with E-state index in [-0.39, 0.29) is 11.4 Å². The molecule has 0 spiro atoms. The fraction of sp³-hybridized carbons (Fsp3) is 0.500. The molecular weight excluding hydrogens is 412 g/mol. The summed E-state index contributed by atoms with van der Waals surface area (Å²) in [6, 6.07) is 3.11. The van der Waals surface area contributed by atoms with Crippen LogP contribution in [-0.2, 0) is 14.8 Å². The molecule has 5 nitrogen and oxygen atoms in total. The Hall–Kier alpha value is -0.150. The Morgan fingerprint density at radius 2 is 1.85 bits per heavy atom. The van der Waals surface area contributed by atoms with E-state index in [1.54, 1.807) is 12.1 Å². The average molecular weight is 430 g/mol. The van der Waals surface area contributed by atoms with Gasteiger partial charge in [-0.2, -0.15) is 0 Å². The van der Waals surface area contributed by atoms with Crippen molar-refractivity contribution in [1.82, 2.24) is 4.72 Å². The van der Waals surface area contributed by atoms with Crippen molar-refractivity contribution in [3.8, 4) is 0 Å². The lowest BCUT2D eigenvalue weighted by Crippen LogP contribution is -2.28. The number of hydrogen-bond donors (Lipinski definition) is 2. The van der Waals surface area contributed by atoms with Crippen molar-refractivity contribution in [2.24, 2.45) is 0 Å². The van der Waals surface area contributed by atoms with Gasteiger partial charge in [0.05, 0.1) is 6.61 Å². The molecule has 114 valence electrons. The van der Waals surface area contributed by atoms with E-state index in [0.29, 0.717) is 27.8 Å². The lowest BCUT2D eigenvalue weighted by molar-refractivity contribution is 0.136.